The molecule has 0 heterocycles. The first kappa shape index (κ1) is 14.4. The quantitative estimate of drug-likeness (QED) is 0.892. The summed E-state index contributed by atoms with van der Waals surface area (Å²) >= 11 is 9.33. The number of benzene rings is 2. The summed E-state index contributed by atoms with van der Waals surface area (Å²) in [7, 11) is 0. The van der Waals surface area contributed by atoms with Crippen molar-refractivity contribution in [2.45, 2.75) is 20.1 Å². The van der Waals surface area contributed by atoms with Crippen LogP contribution in [0.1, 0.15) is 16.7 Å². The fraction of sp³-hybridized carbons (Fsp3) is 0.200. The van der Waals surface area contributed by atoms with Crippen LogP contribution in [0, 0.1) is 6.92 Å². The standard InChI is InChI=1S/C15H15BrClNO/c1-10-6-11(8-18)2-3-12(10)9-19-15-5-4-13(17)7-14(15)16/h2-7H,8-9,18H2,1H3. The van der Waals surface area contributed by atoms with E-state index < -0.39 is 0 Å². The SMILES string of the molecule is Cc1cc(CN)ccc1COc1ccc(Cl)cc1Br. The molecule has 2 aromatic rings. The predicted molar refractivity (Wildman–Crippen MR) is 82.6 cm³/mol. The van der Waals surface area contributed by atoms with Gasteiger partial charge < -0.3 is 10.5 Å². The molecule has 0 saturated heterocycles. The molecule has 4 heteroatoms. The molecule has 2 nitrogen and oxygen atoms in total. The third kappa shape index (κ3) is 3.72. The number of rotatable bonds is 4. The van der Waals surface area contributed by atoms with Crippen molar-refractivity contribution in [3.05, 3.63) is 62.6 Å². The predicted octanol–water partition coefficient (Wildman–Crippen LogP) is 4.45. The Balaban J connectivity index is 2.10. The molecule has 0 aromatic heterocycles. The number of hydrogen-bond donors (Lipinski definition) is 1. The second-order valence-corrected chi connectivity index (χ2v) is 5.62. The van der Waals surface area contributed by atoms with Gasteiger partial charge in [0.1, 0.15) is 12.4 Å². The van der Waals surface area contributed by atoms with Crippen molar-refractivity contribution in [2.75, 3.05) is 0 Å². The van der Waals surface area contributed by atoms with Crippen molar-refractivity contribution >= 4 is 27.5 Å². The van der Waals surface area contributed by atoms with Crippen molar-refractivity contribution in [1.29, 1.82) is 0 Å². The molecule has 0 aliphatic heterocycles. The summed E-state index contributed by atoms with van der Waals surface area (Å²) in [5.41, 5.74) is 9.09. The lowest BCUT2D eigenvalue weighted by molar-refractivity contribution is 0.303. The summed E-state index contributed by atoms with van der Waals surface area (Å²) in [5, 5.41) is 0.683. The largest absolute Gasteiger partial charge is 0.488 e. The van der Waals surface area contributed by atoms with Gasteiger partial charge in [0.2, 0.25) is 0 Å². The monoisotopic (exact) mass is 339 g/mol. The number of ether oxygens (including phenoxy) is 1. The Kier molecular flexibility index (Phi) is 4.86. The molecule has 2 N–H and O–H groups in total. The summed E-state index contributed by atoms with van der Waals surface area (Å²) in [6.07, 6.45) is 0. The highest BCUT2D eigenvalue weighted by molar-refractivity contribution is 9.10. The van der Waals surface area contributed by atoms with Crippen molar-refractivity contribution < 1.29 is 4.74 Å². The number of hydrogen-bond acceptors (Lipinski definition) is 2. The van der Waals surface area contributed by atoms with Gasteiger partial charge in [0.25, 0.3) is 0 Å². The Labute approximate surface area is 126 Å². The second-order valence-electron chi connectivity index (χ2n) is 4.33. The summed E-state index contributed by atoms with van der Waals surface area (Å²) in [6, 6.07) is 11.7. The van der Waals surface area contributed by atoms with Gasteiger partial charge in [-0.05, 0) is 57.7 Å². The van der Waals surface area contributed by atoms with E-state index in [0.717, 1.165) is 21.3 Å². The van der Waals surface area contributed by atoms with Crippen LogP contribution in [0.25, 0.3) is 0 Å². The molecule has 0 atom stereocenters. The van der Waals surface area contributed by atoms with E-state index in [9.17, 15) is 0 Å². The van der Waals surface area contributed by atoms with E-state index in [2.05, 4.69) is 35.0 Å². The fourth-order valence-electron chi connectivity index (χ4n) is 1.79. The van der Waals surface area contributed by atoms with Gasteiger partial charge in [-0.1, -0.05) is 29.8 Å². The Morgan fingerprint density at radius 3 is 2.63 bits per heavy atom. The minimum atomic E-state index is 0.525. The van der Waals surface area contributed by atoms with Gasteiger partial charge in [0.05, 0.1) is 4.47 Å². The second kappa shape index (κ2) is 6.42. The van der Waals surface area contributed by atoms with Crippen LogP contribution in [0.5, 0.6) is 5.75 Å². The van der Waals surface area contributed by atoms with E-state index >= 15 is 0 Å². The minimum Gasteiger partial charge on any atom is -0.488 e. The molecule has 0 amide bonds. The van der Waals surface area contributed by atoms with Gasteiger partial charge >= 0.3 is 0 Å². The fourth-order valence-corrected chi connectivity index (χ4v) is 2.59. The van der Waals surface area contributed by atoms with Crippen LogP contribution >= 0.6 is 27.5 Å². The van der Waals surface area contributed by atoms with Crippen LogP contribution in [0.2, 0.25) is 5.02 Å². The Morgan fingerprint density at radius 2 is 2.00 bits per heavy atom. The molecule has 0 radical (unpaired) electrons. The third-order valence-electron chi connectivity index (χ3n) is 2.92. The zero-order valence-electron chi connectivity index (χ0n) is 10.6. The molecule has 0 spiro atoms. The van der Waals surface area contributed by atoms with Crippen LogP contribution in [-0.4, -0.2) is 0 Å². The molecule has 0 aliphatic rings. The maximum atomic E-state index is 5.90. The molecule has 0 saturated carbocycles. The van der Waals surface area contributed by atoms with Gasteiger partial charge in [0, 0.05) is 11.6 Å². The average Bonchev–Trinajstić information content (AvgIpc) is 2.39. The van der Waals surface area contributed by atoms with Crippen molar-refractivity contribution in [1.82, 2.24) is 0 Å². The highest BCUT2D eigenvalue weighted by Crippen LogP contribution is 2.28. The van der Waals surface area contributed by atoms with Gasteiger partial charge in [-0.3, -0.25) is 0 Å². The highest BCUT2D eigenvalue weighted by Gasteiger charge is 2.04. The summed E-state index contributed by atoms with van der Waals surface area (Å²) < 4.78 is 6.65. The molecular formula is C15H15BrClNO. The van der Waals surface area contributed by atoms with E-state index in [-0.39, 0.29) is 0 Å². The molecule has 0 unspecified atom stereocenters. The Bertz CT molecular complexity index is 586. The first-order valence-corrected chi connectivity index (χ1v) is 7.13. The van der Waals surface area contributed by atoms with E-state index in [1.807, 2.05) is 24.3 Å². The van der Waals surface area contributed by atoms with Crippen molar-refractivity contribution in [2.24, 2.45) is 5.73 Å². The molecule has 0 aliphatic carbocycles. The molecule has 2 rings (SSSR count). The molecule has 0 bridgehead atoms. The smallest absolute Gasteiger partial charge is 0.134 e. The number of nitrogens with two attached hydrogens (primary N) is 1. The first-order valence-electron chi connectivity index (χ1n) is 5.96. The van der Waals surface area contributed by atoms with Crippen LogP contribution in [0.4, 0.5) is 0 Å². The van der Waals surface area contributed by atoms with E-state index in [1.54, 1.807) is 0 Å². The lowest BCUT2D eigenvalue weighted by atomic mass is 10.1. The average molecular weight is 341 g/mol. The Morgan fingerprint density at radius 1 is 1.21 bits per heavy atom. The number of halogens is 2. The maximum Gasteiger partial charge on any atom is 0.134 e. The zero-order valence-corrected chi connectivity index (χ0v) is 13.0. The van der Waals surface area contributed by atoms with Gasteiger partial charge in [-0.25, -0.2) is 0 Å². The molecule has 2 aromatic carbocycles. The lowest BCUT2D eigenvalue weighted by Crippen LogP contribution is -2.01. The van der Waals surface area contributed by atoms with Crippen LogP contribution in [0.15, 0.2) is 40.9 Å². The van der Waals surface area contributed by atoms with Gasteiger partial charge in [-0.2, -0.15) is 0 Å². The van der Waals surface area contributed by atoms with Crippen LogP contribution in [-0.2, 0) is 13.2 Å². The van der Waals surface area contributed by atoms with E-state index in [1.165, 1.54) is 5.56 Å². The molecule has 0 fully saturated rings. The molecule has 100 valence electrons. The third-order valence-corrected chi connectivity index (χ3v) is 3.77. The Hall–Kier alpha value is -1.03. The maximum absolute atomic E-state index is 5.90. The van der Waals surface area contributed by atoms with Crippen LogP contribution in [0.3, 0.4) is 0 Å². The summed E-state index contributed by atoms with van der Waals surface area (Å²) in [6.45, 7) is 3.15. The topological polar surface area (TPSA) is 35.2 Å². The minimum absolute atomic E-state index is 0.525. The molecular weight excluding hydrogens is 326 g/mol. The van der Waals surface area contributed by atoms with Crippen molar-refractivity contribution in [3.63, 3.8) is 0 Å². The van der Waals surface area contributed by atoms with Gasteiger partial charge in [0.15, 0.2) is 0 Å². The normalized spacial score (nSPS) is 10.5. The van der Waals surface area contributed by atoms with Crippen LogP contribution < -0.4 is 10.5 Å². The summed E-state index contributed by atoms with van der Waals surface area (Å²) in [5.74, 6) is 0.784. The zero-order chi connectivity index (χ0) is 13.8. The first-order chi connectivity index (χ1) is 9.10. The molecule has 19 heavy (non-hydrogen) atoms. The summed E-state index contributed by atoms with van der Waals surface area (Å²) in [4.78, 5) is 0. The van der Waals surface area contributed by atoms with Crippen molar-refractivity contribution in [3.8, 4) is 5.75 Å². The van der Waals surface area contributed by atoms with Gasteiger partial charge in [-0.15, -0.1) is 0 Å². The number of aryl methyl sites for hydroxylation is 1. The highest BCUT2D eigenvalue weighted by atomic mass is 79.9. The van der Waals surface area contributed by atoms with E-state index in [0.29, 0.717) is 18.2 Å². The van der Waals surface area contributed by atoms with E-state index in [4.69, 9.17) is 22.1 Å². The lowest BCUT2D eigenvalue weighted by Gasteiger charge is -2.11.